The molecule has 0 spiro atoms. The maximum Gasteiger partial charge on any atom is 0.140 e. The number of hydrogen-bond donors (Lipinski definition) is 2. The summed E-state index contributed by atoms with van der Waals surface area (Å²) < 4.78 is 5.06. The summed E-state index contributed by atoms with van der Waals surface area (Å²) in [6.45, 7) is 2.94. The van der Waals surface area contributed by atoms with E-state index in [4.69, 9.17) is 15.7 Å². The topological polar surface area (TPSA) is 84.0 Å². The number of methoxy groups -OCH3 is 1. The second kappa shape index (κ2) is 7.99. The summed E-state index contributed by atoms with van der Waals surface area (Å²) in [6, 6.07) is 0. The monoisotopic (exact) mass is 258 g/mol. The number of oxime groups is 1. The van der Waals surface area contributed by atoms with Crippen LogP contribution in [0, 0.1) is 0 Å². The highest BCUT2D eigenvalue weighted by molar-refractivity contribution is 7.09. The van der Waals surface area contributed by atoms with Crippen LogP contribution in [0.15, 0.2) is 16.7 Å². The lowest BCUT2D eigenvalue weighted by Gasteiger charge is -2.20. The number of nitrogens with zero attached hydrogens (tertiary/aromatic N) is 3. The Balaban J connectivity index is 2.42. The molecule has 0 amide bonds. The normalized spacial score (nSPS) is 12.2. The van der Waals surface area contributed by atoms with Crippen molar-refractivity contribution < 1.29 is 9.94 Å². The van der Waals surface area contributed by atoms with E-state index in [9.17, 15) is 0 Å². The van der Waals surface area contributed by atoms with Gasteiger partial charge in [-0.2, -0.15) is 0 Å². The molecule has 0 aromatic carbocycles. The Morgan fingerprint density at radius 3 is 3.06 bits per heavy atom. The van der Waals surface area contributed by atoms with Crippen LogP contribution in [-0.4, -0.2) is 47.7 Å². The first-order valence-corrected chi connectivity index (χ1v) is 6.20. The minimum Gasteiger partial charge on any atom is -0.409 e. The van der Waals surface area contributed by atoms with Crippen molar-refractivity contribution in [3.8, 4) is 0 Å². The summed E-state index contributed by atoms with van der Waals surface area (Å²) in [6.07, 6.45) is 2.32. The van der Waals surface area contributed by atoms with Crippen molar-refractivity contribution in [3.05, 3.63) is 16.6 Å². The quantitative estimate of drug-likeness (QED) is 0.311. The standard InChI is InChI=1S/C10H18N4O2S/c1-16-6-5-14(4-2-9(11)13-15)8-10-12-3-7-17-10/h3,7,15H,2,4-6,8H2,1H3,(H2,11,13). The lowest BCUT2D eigenvalue weighted by Crippen LogP contribution is -2.30. The van der Waals surface area contributed by atoms with Crippen molar-refractivity contribution in [2.75, 3.05) is 26.8 Å². The Hall–Kier alpha value is -1.18. The van der Waals surface area contributed by atoms with Crippen LogP contribution in [0.1, 0.15) is 11.4 Å². The summed E-state index contributed by atoms with van der Waals surface area (Å²) in [7, 11) is 1.67. The lowest BCUT2D eigenvalue weighted by atomic mass is 10.3. The molecule has 17 heavy (non-hydrogen) atoms. The second-order valence-corrected chi connectivity index (χ2v) is 4.52. The van der Waals surface area contributed by atoms with Gasteiger partial charge in [0, 0.05) is 38.2 Å². The molecule has 0 bridgehead atoms. The van der Waals surface area contributed by atoms with E-state index < -0.39 is 0 Å². The van der Waals surface area contributed by atoms with Crippen molar-refractivity contribution in [2.24, 2.45) is 10.9 Å². The summed E-state index contributed by atoms with van der Waals surface area (Å²) in [5, 5.41) is 14.5. The molecule has 1 rings (SSSR count). The molecule has 1 aromatic heterocycles. The van der Waals surface area contributed by atoms with Gasteiger partial charge < -0.3 is 15.7 Å². The lowest BCUT2D eigenvalue weighted by molar-refractivity contribution is 0.145. The zero-order chi connectivity index (χ0) is 12.5. The number of rotatable bonds is 8. The van der Waals surface area contributed by atoms with E-state index >= 15 is 0 Å². The molecule has 0 saturated carbocycles. The smallest absolute Gasteiger partial charge is 0.140 e. The number of amidine groups is 1. The molecule has 0 aliphatic heterocycles. The van der Waals surface area contributed by atoms with Gasteiger partial charge in [0.05, 0.1) is 13.2 Å². The van der Waals surface area contributed by atoms with Crippen LogP contribution in [-0.2, 0) is 11.3 Å². The molecule has 0 fully saturated rings. The average molecular weight is 258 g/mol. The first-order chi connectivity index (χ1) is 8.26. The minimum absolute atomic E-state index is 0.242. The molecule has 0 unspecified atom stereocenters. The van der Waals surface area contributed by atoms with Gasteiger partial charge in [0.15, 0.2) is 0 Å². The van der Waals surface area contributed by atoms with Gasteiger partial charge in [-0.15, -0.1) is 11.3 Å². The van der Waals surface area contributed by atoms with Gasteiger partial charge >= 0.3 is 0 Å². The Labute approximate surface area is 105 Å². The van der Waals surface area contributed by atoms with E-state index in [2.05, 4.69) is 15.0 Å². The van der Waals surface area contributed by atoms with Crippen LogP contribution in [0.5, 0.6) is 0 Å². The number of ether oxygens (including phenoxy) is 1. The van der Waals surface area contributed by atoms with E-state index in [1.54, 1.807) is 24.6 Å². The Morgan fingerprint density at radius 1 is 1.65 bits per heavy atom. The zero-order valence-electron chi connectivity index (χ0n) is 9.87. The van der Waals surface area contributed by atoms with E-state index in [0.717, 1.165) is 24.6 Å². The van der Waals surface area contributed by atoms with E-state index in [0.29, 0.717) is 13.0 Å². The maximum absolute atomic E-state index is 8.49. The fourth-order valence-corrected chi connectivity index (χ4v) is 1.99. The Morgan fingerprint density at radius 2 is 2.47 bits per heavy atom. The van der Waals surface area contributed by atoms with Crippen molar-refractivity contribution in [1.29, 1.82) is 0 Å². The van der Waals surface area contributed by atoms with Crippen molar-refractivity contribution in [3.63, 3.8) is 0 Å². The molecule has 0 atom stereocenters. The molecule has 0 aliphatic carbocycles. The summed E-state index contributed by atoms with van der Waals surface area (Å²) in [4.78, 5) is 6.40. The highest BCUT2D eigenvalue weighted by atomic mass is 32.1. The predicted octanol–water partition coefficient (Wildman–Crippen LogP) is 0.728. The van der Waals surface area contributed by atoms with Gasteiger partial charge in [0.1, 0.15) is 10.8 Å². The first kappa shape index (κ1) is 13.9. The minimum atomic E-state index is 0.242. The molecule has 1 aromatic rings. The van der Waals surface area contributed by atoms with Crippen LogP contribution in [0.4, 0.5) is 0 Å². The third kappa shape index (κ3) is 5.62. The van der Waals surface area contributed by atoms with Gasteiger partial charge in [-0.05, 0) is 0 Å². The van der Waals surface area contributed by atoms with Crippen molar-refractivity contribution in [2.45, 2.75) is 13.0 Å². The van der Waals surface area contributed by atoms with E-state index in [1.165, 1.54) is 0 Å². The third-order valence-corrected chi connectivity index (χ3v) is 3.03. The van der Waals surface area contributed by atoms with Crippen LogP contribution >= 0.6 is 11.3 Å². The summed E-state index contributed by atoms with van der Waals surface area (Å²) >= 11 is 1.62. The molecule has 6 nitrogen and oxygen atoms in total. The summed E-state index contributed by atoms with van der Waals surface area (Å²) in [5.41, 5.74) is 5.45. The first-order valence-electron chi connectivity index (χ1n) is 5.32. The number of hydrogen-bond acceptors (Lipinski definition) is 6. The summed E-state index contributed by atoms with van der Waals surface area (Å²) in [5.74, 6) is 0.242. The van der Waals surface area contributed by atoms with Gasteiger partial charge in [-0.3, -0.25) is 4.90 Å². The number of thiazole rings is 1. The molecule has 1 heterocycles. The molecular formula is C10H18N4O2S. The van der Waals surface area contributed by atoms with Crippen LogP contribution in [0.3, 0.4) is 0 Å². The fourth-order valence-electron chi connectivity index (χ4n) is 1.34. The SMILES string of the molecule is COCCN(CCC(N)=NO)Cc1nccs1. The molecule has 7 heteroatoms. The van der Waals surface area contributed by atoms with E-state index in [-0.39, 0.29) is 5.84 Å². The van der Waals surface area contributed by atoms with Gasteiger partial charge in [0.2, 0.25) is 0 Å². The molecule has 3 N–H and O–H groups in total. The predicted molar refractivity (Wildman–Crippen MR) is 67.3 cm³/mol. The molecule has 0 saturated heterocycles. The third-order valence-electron chi connectivity index (χ3n) is 2.27. The molecule has 0 radical (unpaired) electrons. The van der Waals surface area contributed by atoms with Crippen LogP contribution < -0.4 is 5.73 Å². The van der Waals surface area contributed by atoms with Crippen LogP contribution in [0.2, 0.25) is 0 Å². The van der Waals surface area contributed by atoms with Crippen LogP contribution in [0.25, 0.3) is 0 Å². The maximum atomic E-state index is 8.49. The fraction of sp³-hybridized carbons (Fsp3) is 0.600. The molecule has 96 valence electrons. The van der Waals surface area contributed by atoms with Crippen molar-refractivity contribution in [1.82, 2.24) is 9.88 Å². The largest absolute Gasteiger partial charge is 0.409 e. The zero-order valence-corrected chi connectivity index (χ0v) is 10.7. The second-order valence-electron chi connectivity index (χ2n) is 3.54. The number of aromatic nitrogens is 1. The molecular weight excluding hydrogens is 240 g/mol. The number of nitrogens with two attached hydrogens (primary N) is 1. The Kier molecular flexibility index (Phi) is 6.53. The average Bonchev–Trinajstić information content (AvgIpc) is 2.84. The van der Waals surface area contributed by atoms with Crippen molar-refractivity contribution >= 4 is 17.2 Å². The van der Waals surface area contributed by atoms with Gasteiger partial charge in [-0.1, -0.05) is 5.16 Å². The van der Waals surface area contributed by atoms with Gasteiger partial charge in [0.25, 0.3) is 0 Å². The molecule has 0 aliphatic rings. The highest BCUT2D eigenvalue weighted by Crippen LogP contribution is 2.08. The van der Waals surface area contributed by atoms with Gasteiger partial charge in [-0.25, -0.2) is 4.98 Å². The highest BCUT2D eigenvalue weighted by Gasteiger charge is 2.08. The Bertz CT molecular complexity index is 329. The van der Waals surface area contributed by atoms with E-state index in [1.807, 2.05) is 5.38 Å².